The molecule has 2 aromatic carbocycles. The summed E-state index contributed by atoms with van der Waals surface area (Å²) in [7, 11) is 0. The lowest BCUT2D eigenvalue weighted by molar-refractivity contribution is 0.483. The van der Waals surface area contributed by atoms with Gasteiger partial charge < -0.3 is 10.1 Å². The Hall–Kier alpha value is -1.94. The molecule has 1 N–H and O–H groups in total. The molecule has 0 bridgehead atoms. The van der Waals surface area contributed by atoms with Gasteiger partial charge in [-0.25, -0.2) is 0 Å². The zero-order valence-electron chi connectivity index (χ0n) is 10.4. The van der Waals surface area contributed by atoms with Gasteiger partial charge in [-0.15, -0.1) is 0 Å². The fraction of sp³-hybridized carbons (Fsp3) is 0.133. The summed E-state index contributed by atoms with van der Waals surface area (Å²) in [4.78, 5) is 4.37. The van der Waals surface area contributed by atoms with Gasteiger partial charge in [0.15, 0.2) is 5.17 Å². The highest BCUT2D eigenvalue weighted by Gasteiger charge is 2.07. The molecule has 3 nitrogen and oxygen atoms in total. The molecule has 19 heavy (non-hydrogen) atoms. The van der Waals surface area contributed by atoms with Crippen LogP contribution in [0.1, 0.15) is 0 Å². The van der Waals surface area contributed by atoms with E-state index in [1.807, 2.05) is 54.6 Å². The fourth-order valence-electron chi connectivity index (χ4n) is 1.80. The Kier molecular flexibility index (Phi) is 3.70. The summed E-state index contributed by atoms with van der Waals surface area (Å²) in [5.74, 6) is 2.72. The van der Waals surface area contributed by atoms with Crippen molar-refractivity contribution in [1.29, 1.82) is 0 Å². The van der Waals surface area contributed by atoms with Gasteiger partial charge in [0.2, 0.25) is 0 Å². The maximum absolute atomic E-state index is 5.80. The Bertz CT molecular complexity index is 584. The van der Waals surface area contributed by atoms with Crippen molar-refractivity contribution in [3.8, 4) is 11.5 Å². The minimum absolute atomic E-state index is 0.819. The van der Waals surface area contributed by atoms with Crippen molar-refractivity contribution in [3.05, 3.63) is 54.6 Å². The van der Waals surface area contributed by atoms with E-state index >= 15 is 0 Å². The van der Waals surface area contributed by atoms with Crippen LogP contribution in [0.25, 0.3) is 0 Å². The van der Waals surface area contributed by atoms with E-state index in [2.05, 4.69) is 10.3 Å². The van der Waals surface area contributed by atoms with Gasteiger partial charge in [0.25, 0.3) is 0 Å². The van der Waals surface area contributed by atoms with Crippen molar-refractivity contribution >= 4 is 22.6 Å². The summed E-state index contributed by atoms with van der Waals surface area (Å²) in [5, 5.41) is 4.28. The minimum Gasteiger partial charge on any atom is -0.457 e. The number of benzene rings is 2. The Labute approximate surface area is 116 Å². The van der Waals surface area contributed by atoms with Gasteiger partial charge in [-0.05, 0) is 24.3 Å². The highest BCUT2D eigenvalue weighted by Crippen LogP contribution is 2.25. The third kappa shape index (κ3) is 3.29. The van der Waals surface area contributed by atoms with Gasteiger partial charge >= 0.3 is 0 Å². The first kappa shape index (κ1) is 12.1. The van der Waals surface area contributed by atoms with E-state index in [0.717, 1.165) is 34.7 Å². The summed E-state index contributed by atoms with van der Waals surface area (Å²) in [6, 6.07) is 17.7. The van der Waals surface area contributed by atoms with E-state index < -0.39 is 0 Å². The summed E-state index contributed by atoms with van der Waals surface area (Å²) < 4.78 is 5.80. The molecule has 96 valence electrons. The van der Waals surface area contributed by atoms with E-state index in [1.54, 1.807) is 11.8 Å². The molecule has 2 aromatic rings. The third-order valence-corrected chi connectivity index (χ3v) is 3.54. The normalized spacial score (nSPS) is 14.0. The van der Waals surface area contributed by atoms with Crippen LogP contribution in [-0.2, 0) is 0 Å². The van der Waals surface area contributed by atoms with Gasteiger partial charge in [0.05, 0.1) is 6.54 Å². The lowest BCUT2D eigenvalue weighted by Crippen LogP contribution is -2.04. The molecule has 1 heterocycles. The molecule has 0 saturated carbocycles. The van der Waals surface area contributed by atoms with Gasteiger partial charge in [0, 0.05) is 17.5 Å². The Morgan fingerprint density at radius 3 is 2.63 bits per heavy atom. The van der Waals surface area contributed by atoms with Crippen LogP contribution < -0.4 is 10.1 Å². The van der Waals surface area contributed by atoms with Crippen LogP contribution in [0.5, 0.6) is 11.5 Å². The zero-order valence-corrected chi connectivity index (χ0v) is 11.2. The summed E-state index contributed by atoms with van der Waals surface area (Å²) in [6.07, 6.45) is 0. The number of amidine groups is 1. The second kappa shape index (κ2) is 5.80. The van der Waals surface area contributed by atoms with Crippen molar-refractivity contribution in [3.63, 3.8) is 0 Å². The van der Waals surface area contributed by atoms with Crippen LogP contribution in [0.15, 0.2) is 59.6 Å². The van der Waals surface area contributed by atoms with Crippen molar-refractivity contribution < 1.29 is 4.74 Å². The zero-order chi connectivity index (χ0) is 12.9. The molecular weight excluding hydrogens is 256 g/mol. The van der Waals surface area contributed by atoms with Crippen LogP contribution in [0, 0.1) is 0 Å². The maximum atomic E-state index is 5.80. The van der Waals surface area contributed by atoms with E-state index in [0.29, 0.717) is 0 Å². The molecule has 0 unspecified atom stereocenters. The first-order chi connectivity index (χ1) is 9.40. The molecule has 0 saturated heterocycles. The quantitative estimate of drug-likeness (QED) is 0.915. The predicted octanol–water partition coefficient (Wildman–Crippen LogP) is 3.99. The highest BCUT2D eigenvalue weighted by molar-refractivity contribution is 8.14. The van der Waals surface area contributed by atoms with Gasteiger partial charge in [-0.1, -0.05) is 36.0 Å². The monoisotopic (exact) mass is 270 g/mol. The van der Waals surface area contributed by atoms with E-state index in [1.165, 1.54) is 0 Å². The summed E-state index contributed by atoms with van der Waals surface area (Å²) >= 11 is 1.75. The smallest absolute Gasteiger partial charge is 0.161 e. The molecular formula is C15H14N2OS. The number of ether oxygens (including phenoxy) is 1. The van der Waals surface area contributed by atoms with Crippen LogP contribution in [-0.4, -0.2) is 17.5 Å². The standard InChI is InChI=1S/C15H14N2OS/c1-2-6-13(7-3-1)18-14-8-4-5-12(11-14)17-15-16-9-10-19-15/h1-8,11H,9-10H2,(H,16,17). The predicted molar refractivity (Wildman–Crippen MR) is 81.3 cm³/mol. The number of nitrogens with one attached hydrogen (secondary N) is 1. The van der Waals surface area contributed by atoms with Crippen LogP contribution >= 0.6 is 11.8 Å². The lowest BCUT2D eigenvalue weighted by Gasteiger charge is -2.09. The summed E-state index contributed by atoms with van der Waals surface area (Å²) in [5.41, 5.74) is 1.00. The number of thioether (sulfide) groups is 1. The van der Waals surface area contributed by atoms with E-state index in [9.17, 15) is 0 Å². The molecule has 0 amide bonds. The van der Waals surface area contributed by atoms with Gasteiger partial charge in [-0.2, -0.15) is 0 Å². The van der Waals surface area contributed by atoms with E-state index in [4.69, 9.17) is 4.74 Å². The van der Waals surface area contributed by atoms with E-state index in [-0.39, 0.29) is 0 Å². The van der Waals surface area contributed by atoms with Crippen LogP contribution in [0.4, 0.5) is 5.69 Å². The number of para-hydroxylation sites is 1. The number of anilines is 1. The van der Waals surface area contributed by atoms with Crippen molar-refractivity contribution in [2.75, 3.05) is 17.6 Å². The van der Waals surface area contributed by atoms with Crippen LogP contribution in [0.3, 0.4) is 0 Å². The number of nitrogens with zero attached hydrogens (tertiary/aromatic N) is 1. The molecule has 0 aliphatic carbocycles. The molecule has 4 heteroatoms. The Balaban J connectivity index is 1.72. The van der Waals surface area contributed by atoms with Gasteiger partial charge in [0.1, 0.15) is 11.5 Å². The SMILES string of the molecule is c1ccc(Oc2cccc(NC3=NCCS3)c2)cc1. The van der Waals surface area contributed by atoms with Crippen LogP contribution in [0.2, 0.25) is 0 Å². The second-order valence-electron chi connectivity index (χ2n) is 4.10. The molecule has 0 radical (unpaired) electrons. The average molecular weight is 270 g/mol. The highest BCUT2D eigenvalue weighted by atomic mass is 32.2. The fourth-order valence-corrected chi connectivity index (χ4v) is 2.54. The molecule has 1 aliphatic heterocycles. The maximum Gasteiger partial charge on any atom is 0.161 e. The molecule has 0 fully saturated rings. The molecule has 3 rings (SSSR count). The first-order valence-electron chi connectivity index (χ1n) is 6.17. The second-order valence-corrected chi connectivity index (χ2v) is 5.19. The topological polar surface area (TPSA) is 33.6 Å². The molecule has 0 spiro atoms. The Morgan fingerprint density at radius 1 is 1.00 bits per heavy atom. The number of hydrogen-bond donors (Lipinski definition) is 1. The molecule has 0 aromatic heterocycles. The summed E-state index contributed by atoms with van der Waals surface area (Å²) in [6.45, 7) is 0.896. The minimum atomic E-state index is 0.819. The number of hydrogen-bond acceptors (Lipinski definition) is 4. The molecule has 0 atom stereocenters. The number of rotatable bonds is 3. The van der Waals surface area contributed by atoms with Gasteiger partial charge in [-0.3, -0.25) is 4.99 Å². The Morgan fingerprint density at radius 2 is 1.84 bits per heavy atom. The lowest BCUT2D eigenvalue weighted by atomic mass is 10.3. The average Bonchev–Trinajstić information content (AvgIpc) is 2.93. The largest absolute Gasteiger partial charge is 0.457 e. The molecule has 1 aliphatic rings. The van der Waals surface area contributed by atoms with Crippen molar-refractivity contribution in [2.45, 2.75) is 0 Å². The number of aliphatic imine (C=N–C) groups is 1. The first-order valence-corrected chi connectivity index (χ1v) is 7.16. The van der Waals surface area contributed by atoms with Crippen molar-refractivity contribution in [2.24, 2.45) is 4.99 Å². The third-order valence-electron chi connectivity index (χ3n) is 2.65. The van der Waals surface area contributed by atoms with Crippen molar-refractivity contribution in [1.82, 2.24) is 0 Å².